The second kappa shape index (κ2) is 7.09. The fraction of sp³-hybridized carbons (Fsp3) is 0.389. The van der Waals surface area contributed by atoms with Gasteiger partial charge in [0.1, 0.15) is 11.2 Å². The summed E-state index contributed by atoms with van der Waals surface area (Å²) in [6.45, 7) is -1.07. The van der Waals surface area contributed by atoms with Crippen LogP contribution in [0.3, 0.4) is 0 Å². The van der Waals surface area contributed by atoms with Crippen LogP contribution in [0.4, 0.5) is 45.3 Å². The Balaban J connectivity index is 2.16. The number of rotatable bonds is 2. The number of halogens is 9. The summed E-state index contributed by atoms with van der Waals surface area (Å²) in [5, 5.41) is 0. The van der Waals surface area contributed by atoms with Gasteiger partial charge in [0.15, 0.2) is 7.85 Å². The number of nitrogens with zero attached hydrogens (tertiary/aromatic N) is 2. The Labute approximate surface area is 166 Å². The molecule has 162 valence electrons. The van der Waals surface area contributed by atoms with Crippen molar-refractivity contribution in [1.82, 2.24) is 4.98 Å². The Hall–Kier alpha value is -2.40. The first-order chi connectivity index (χ1) is 13.6. The fourth-order valence-electron chi connectivity index (χ4n) is 3.57. The van der Waals surface area contributed by atoms with Gasteiger partial charge >= 0.3 is 18.5 Å². The van der Waals surface area contributed by atoms with E-state index >= 15 is 0 Å². The van der Waals surface area contributed by atoms with Crippen LogP contribution in [0.5, 0.6) is 0 Å². The van der Waals surface area contributed by atoms with E-state index < -0.39 is 53.6 Å². The molecule has 2 aromatic rings. The molecule has 30 heavy (non-hydrogen) atoms. The van der Waals surface area contributed by atoms with Gasteiger partial charge in [-0.15, -0.1) is 0 Å². The quantitative estimate of drug-likeness (QED) is 0.517. The maximum atomic E-state index is 14.1. The van der Waals surface area contributed by atoms with E-state index in [4.69, 9.17) is 0 Å². The maximum Gasteiger partial charge on any atom is 0.416 e. The largest absolute Gasteiger partial charge is 0.416 e. The molecule has 1 fully saturated rings. The molecule has 1 aliphatic rings. The summed E-state index contributed by atoms with van der Waals surface area (Å²) in [6.07, 6.45) is -16.3. The minimum atomic E-state index is -5.24. The van der Waals surface area contributed by atoms with Crippen molar-refractivity contribution in [2.24, 2.45) is 0 Å². The molecule has 0 radical (unpaired) electrons. The predicted molar refractivity (Wildman–Crippen MR) is 93.4 cm³/mol. The Morgan fingerprint density at radius 1 is 0.867 bits per heavy atom. The first kappa shape index (κ1) is 22.3. The van der Waals surface area contributed by atoms with E-state index in [1.807, 2.05) is 0 Å². The van der Waals surface area contributed by atoms with Crippen molar-refractivity contribution in [3.05, 3.63) is 53.1 Å². The SMILES string of the molecule is Bc1cccc(N2CCC(c3cc(C(F)(F)F)cc(C(F)(F)F)c3)(C(F)(F)F)C2)n1. The van der Waals surface area contributed by atoms with Crippen LogP contribution in [-0.4, -0.2) is 32.1 Å². The minimum Gasteiger partial charge on any atom is -0.355 e. The summed E-state index contributed by atoms with van der Waals surface area (Å²) < 4.78 is 121. The number of pyridine rings is 1. The van der Waals surface area contributed by atoms with Crippen molar-refractivity contribution in [3.63, 3.8) is 0 Å². The summed E-state index contributed by atoms with van der Waals surface area (Å²) in [4.78, 5) is 5.32. The highest BCUT2D eigenvalue weighted by atomic mass is 19.4. The van der Waals surface area contributed by atoms with Crippen molar-refractivity contribution >= 4 is 19.3 Å². The van der Waals surface area contributed by atoms with Crippen molar-refractivity contribution in [2.75, 3.05) is 18.0 Å². The molecule has 1 aromatic carbocycles. The molecule has 2 nitrogen and oxygen atoms in total. The molecule has 0 bridgehead atoms. The summed E-state index contributed by atoms with van der Waals surface area (Å²) >= 11 is 0. The Bertz CT molecular complexity index is 904. The van der Waals surface area contributed by atoms with Crippen LogP contribution in [0.15, 0.2) is 36.4 Å². The lowest BCUT2D eigenvalue weighted by atomic mass is 9.77. The third-order valence-corrected chi connectivity index (χ3v) is 5.15. The Kier molecular flexibility index (Phi) is 5.27. The van der Waals surface area contributed by atoms with E-state index in [1.165, 1.54) is 11.0 Å². The molecule has 1 unspecified atom stereocenters. The first-order valence-corrected chi connectivity index (χ1v) is 8.69. The van der Waals surface area contributed by atoms with E-state index in [1.54, 1.807) is 20.0 Å². The molecule has 0 aliphatic carbocycles. The minimum absolute atomic E-state index is 0.163. The lowest BCUT2D eigenvalue weighted by Crippen LogP contribution is -2.45. The standard InChI is InChI=1S/C18H14BF9N2/c19-13-2-1-3-14(29-13)30-5-4-15(9-30,18(26,27)28)10-6-11(16(20,21)22)8-12(7-10)17(23,24)25/h1-3,6-8H,4-5,9,19H2. The van der Waals surface area contributed by atoms with Crippen LogP contribution >= 0.6 is 0 Å². The van der Waals surface area contributed by atoms with Crippen LogP contribution in [0.1, 0.15) is 23.1 Å². The molecule has 1 saturated heterocycles. The third kappa shape index (κ3) is 4.08. The van der Waals surface area contributed by atoms with Gasteiger partial charge in [-0.2, -0.15) is 39.5 Å². The molecule has 2 heterocycles. The lowest BCUT2D eigenvalue weighted by Gasteiger charge is -2.33. The number of aromatic nitrogens is 1. The molecule has 1 aromatic heterocycles. The van der Waals surface area contributed by atoms with Crippen LogP contribution < -0.4 is 10.5 Å². The zero-order chi connectivity index (χ0) is 22.5. The monoisotopic (exact) mass is 440 g/mol. The second-order valence-electron chi connectivity index (χ2n) is 7.18. The number of alkyl halides is 9. The van der Waals surface area contributed by atoms with Gasteiger partial charge in [0, 0.05) is 13.1 Å². The van der Waals surface area contributed by atoms with E-state index in [0.29, 0.717) is 5.59 Å². The maximum absolute atomic E-state index is 14.1. The van der Waals surface area contributed by atoms with Crippen LogP contribution in [0.2, 0.25) is 0 Å². The van der Waals surface area contributed by atoms with Gasteiger partial charge in [-0.25, -0.2) is 4.98 Å². The Morgan fingerprint density at radius 2 is 1.43 bits per heavy atom. The van der Waals surface area contributed by atoms with Crippen molar-refractivity contribution in [1.29, 1.82) is 0 Å². The molecule has 3 rings (SSSR count). The van der Waals surface area contributed by atoms with Crippen LogP contribution in [0.25, 0.3) is 0 Å². The van der Waals surface area contributed by atoms with E-state index in [0.717, 1.165) is 0 Å². The normalized spacial score (nSPS) is 20.6. The number of hydrogen-bond acceptors (Lipinski definition) is 2. The molecular formula is C18H14BF9N2. The Morgan fingerprint density at radius 3 is 1.90 bits per heavy atom. The number of anilines is 1. The number of hydrogen-bond donors (Lipinski definition) is 0. The molecule has 1 aliphatic heterocycles. The van der Waals surface area contributed by atoms with Crippen molar-refractivity contribution in [3.8, 4) is 0 Å². The van der Waals surface area contributed by atoms with Gasteiger partial charge in [0.2, 0.25) is 0 Å². The summed E-state index contributed by atoms with van der Waals surface area (Å²) in [7, 11) is 1.61. The average Bonchev–Trinajstić information content (AvgIpc) is 3.06. The first-order valence-electron chi connectivity index (χ1n) is 8.69. The molecule has 0 saturated carbocycles. The highest BCUT2D eigenvalue weighted by Crippen LogP contribution is 2.50. The zero-order valence-electron chi connectivity index (χ0n) is 15.4. The predicted octanol–water partition coefficient (Wildman–Crippen LogP) is 4.09. The summed E-state index contributed by atoms with van der Waals surface area (Å²) in [6, 6.07) is 4.75. The van der Waals surface area contributed by atoms with Gasteiger partial charge in [-0.05, 0) is 41.8 Å². The number of benzene rings is 1. The van der Waals surface area contributed by atoms with E-state index in [2.05, 4.69) is 4.98 Å². The van der Waals surface area contributed by atoms with Crippen molar-refractivity contribution < 1.29 is 39.5 Å². The van der Waals surface area contributed by atoms with Gasteiger partial charge < -0.3 is 4.90 Å². The molecular weight excluding hydrogens is 426 g/mol. The molecule has 0 spiro atoms. The topological polar surface area (TPSA) is 16.1 Å². The van der Waals surface area contributed by atoms with Gasteiger partial charge in [-0.1, -0.05) is 12.1 Å². The average molecular weight is 440 g/mol. The fourth-order valence-corrected chi connectivity index (χ4v) is 3.57. The molecule has 1 atom stereocenters. The second-order valence-corrected chi connectivity index (χ2v) is 7.18. The summed E-state index contributed by atoms with van der Waals surface area (Å²) in [5.41, 5.74) is -7.01. The van der Waals surface area contributed by atoms with E-state index in [9.17, 15) is 39.5 Å². The van der Waals surface area contributed by atoms with E-state index in [-0.39, 0.29) is 30.6 Å². The molecule has 12 heteroatoms. The smallest absolute Gasteiger partial charge is 0.355 e. The zero-order valence-corrected chi connectivity index (χ0v) is 15.4. The molecule has 0 N–H and O–H groups in total. The highest BCUT2D eigenvalue weighted by molar-refractivity contribution is 6.30. The third-order valence-electron chi connectivity index (χ3n) is 5.15. The lowest BCUT2D eigenvalue weighted by molar-refractivity contribution is -0.185. The highest BCUT2D eigenvalue weighted by Gasteiger charge is 2.60. The van der Waals surface area contributed by atoms with Gasteiger partial charge in [-0.3, -0.25) is 0 Å². The van der Waals surface area contributed by atoms with Gasteiger partial charge in [0.25, 0.3) is 0 Å². The van der Waals surface area contributed by atoms with Crippen LogP contribution in [-0.2, 0) is 17.8 Å². The van der Waals surface area contributed by atoms with Gasteiger partial charge in [0.05, 0.1) is 11.1 Å². The summed E-state index contributed by atoms with van der Waals surface area (Å²) in [5.74, 6) is 0.171. The molecule has 0 amide bonds. The van der Waals surface area contributed by atoms with Crippen LogP contribution in [0, 0.1) is 0 Å². The van der Waals surface area contributed by atoms with Crippen molar-refractivity contribution in [2.45, 2.75) is 30.4 Å².